The number of carboxylic acid groups (broad SMARTS) is 1. The van der Waals surface area contributed by atoms with Gasteiger partial charge >= 0.3 is 11.9 Å². The maximum Gasteiger partial charge on any atom is 0.326 e. The van der Waals surface area contributed by atoms with Crippen molar-refractivity contribution in [3.63, 3.8) is 0 Å². The SMILES string of the molecule is CCOC(=O)C[C@H](NC(=O)c1ccc(-c2cccc(F)c2)cc1[N+](=O)[O-])C(=O)O. The van der Waals surface area contributed by atoms with Crippen molar-refractivity contribution in [2.75, 3.05) is 6.61 Å². The van der Waals surface area contributed by atoms with Crippen LogP contribution in [-0.4, -0.2) is 40.5 Å². The molecule has 1 atom stereocenters. The molecule has 0 aliphatic rings. The molecule has 0 saturated carbocycles. The van der Waals surface area contributed by atoms with Crippen LogP contribution in [0.4, 0.5) is 10.1 Å². The van der Waals surface area contributed by atoms with Crippen LogP contribution in [0.2, 0.25) is 0 Å². The largest absolute Gasteiger partial charge is 0.480 e. The fraction of sp³-hybridized carbons (Fsp3) is 0.211. The van der Waals surface area contributed by atoms with Crippen LogP contribution in [0.5, 0.6) is 0 Å². The van der Waals surface area contributed by atoms with Crippen molar-refractivity contribution in [1.82, 2.24) is 5.32 Å². The highest BCUT2D eigenvalue weighted by Crippen LogP contribution is 2.28. The number of benzene rings is 2. The molecule has 0 spiro atoms. The predicted octanol–water partition coefficient (Wildman–Crippen LogP) is 2.54. The molecule has 2 rings (SSSR count). The molecule has 152 valence electrons. The molecule has 0 radical (unpaired) electrons. The van der Waals surface area contributed by atoms with Crippen LogP contribution < -0.4 is 5.32 Å². The standard InChI is InChI=1S/C19H17FN2O7/c1-2-29-17(23)10-15(19(25)26)21-18(24)14-7-6-12(9-16(14)22(27)28)11-4-3-5-13(20)8-11/h3-9,15H,2,10H2,1H3,(H,21,24)(H,25,26)/t15-/m0/s1. The van der Waals surface area contributed by atoms with E-state index in [1.165, 1.54) is 31.2 Å². The summed E-state index contributed by atoms with van der Waals surface area (Å²) in [7, 11) is 0. The van der Waals surface area contributed by atoms with Crippen molar-refractivity contribution in [2.45, 2.75) is 19.4 Å². The fourth-order valence-electron chi connectivity index (χ4n) is 2.54. The van der Waals surface area contributed by atoms with Crippen LogP contribution in [0.1, 0.15) is 23.7 Å². The molecule has 2 aromatic carbocycles. The van der Waals surface area contributed by atoms with Crippen LogP contribution >= 0.6 is 0 Å². The summed E-state index contributed by atoms with van der Waals surface area (Å²) < 4.78 is 18.1. The number of carbonyl (C=O) groups is 3. The topological polar surface area (TPSA) is 136 Å². The summed E-state index contributed by atoms with van der Waals surface area (Å²) in [4.78, 5) is 45.9. The summed E-state index contributed by atoms with van der Waals surface area (Å²) in [5, 5.41) is 22.7. The zero-order valence-electron chi connectivity index (χ0n) is 15.3. The van der Waals surface area contributed by atoms with Crippen LogP contribution in [0.3, 0.4) is 0 Å². The van der Waals surface area contributed by atoms with E-state index in [2.05, 4.69) is 10.1 Å². The minimum atomic E-state index is -1.62. The van der Waals surface area contributed by atoms with Gasteiger partial charge < -0.3 is 15.2 Å². The lowest BCUT2D eigenvalue weighted by atomic mass is 10.0. The average molecular weight is 404 g/mol. The Hall–Kier alpha value is -3.82. The number of hydrogen-bond acceptors (Lipinski definition) is 6. The number of esters is 1. The number of ether oxygens (including phenoxy) is 1. The van der Waals surface area contributed by atoms with Gasteiger partial charge in [-0.05, 0) is 36.2 Å². The van der Waals surface area contributed by atoms with E-state index in [0.29, 0.717) is 11.1 Å². The Labute approximate surface area is 164 Å². The van der Waals surface area contributed by atoms with E-state index in [-0.39, 0.29) is 6.61 Å². The lowest BCUT2D eigenvalue weighted by Crippen LogP contribution is -2.42. The first-order chi connectivity index (χ1) is 13.7. The highest BCUT2D eigenvalue weighted by molar-refractivity contribution is 6.01. The number of nitrogens with one attached hydrogen (secondary N) is 1. The van der Waals surface area contributed by atoms with Gasteiger partial charge in [-0.2, -0.15) is 0 Å². The molecule has 0 aliphatic heterocycles. The van der Waals surface area contributed by atoms with Crippen LogP contribution in [0.25, 0.3) is 11.1 Å². The van der Waals surface area contributed by atoms with E-state index >= 15 is 0 Å². The molecule has 1 amide bonds. The van der Waals surface area contributed by atoms with Crippen molar-refractivity contribution in [3.8, 4) is 11.1 Å². The third-order valence-electron chi connectivity index (χ3n) is 3.88. The molecule has 9 nitrogen and oxygen atoms in total. The lowest BCUT2D eigenvalue weighted by Gasteiger charge is -2.14. The van der Waals surface area contributed by atoms with Gasteiger partial charge in [-0.25, -0.2) is 9.18 Å². The van der Waals surface area contributed by atoms with Crippen molar-refractivity contribution in [2.24, 2.45) is 0 Å². The third-order valence-corrected chi connectivity index (χ3v) is 3.88. The number of hydrogen-bond donors (Lipinski definition) is 2. The molecule has 2 aromatic rings. The Morgan fingerprint density at radius 2 is 1.90 bits per heavy atom. The number of halogens is 1. The summed E-state index contributed by atoms with van der Waals surface area (Å²) in [6, 6.07) is 7.35. The molecular weight excluding hydrogens is 387 g/mol. The first kappa shape index (κ1) is 21.5. The molecule has 0 bridgehead atoms. The van der Waals surface area contributed by atoms with Gasteiger partial charge in [-0.15, -0.1) is 0 Å². The normalized spacial score (nSPS) is 11.4. The van der Waals surface area contributed by atoms with E-state index in [0.717, 1.165) is 12.1 Å². The second-order valence-electron chi connectivity index (χ2n) is 5.87. The Morgan fingerprint density at radius 1 is 1.21 bits per heavy atom. The molecule has 0 aromatic heterocycles. The second kappa shape index (κ2) is 9.40. The Balaban J connectivity index is 2.32. The summed E-state index contributed by atoms with van der Waals surface area (Å²) in [5.74, 6) is -3.91. The van der Waals surface area contributed by atoms with Gasteiger partial charge in [-0.1, -0.05) is 18.2 Å². The number of amides is 1. The molecule has 29 heavy (non-hydrogen) atoms. The van der Waals surface area contributed by atoms with Crippen LogP contribution in [0.15, 0.2) is 42.5 Å². The van der Waals surface area contributed by atoms with Gasteiger partial charge in [0.25, 0.3) is 11.6 Å². The van der Waals surface area contributed by atoms with Gasteiger partial charge in [0, 0.05) is 6.07 Å². The van der Waals surface area contributed by atoms with E-state index in [1.54, 1.807) is 6.07 Å². The van der Waals surface area contributed by atoms with Crippen molar-refractivity contribution < 1.29 is 33.5 Å². The number of nitro benzene ring substituents is 1. The highest BCUT2D eigenvalue weighted by Gasteiger charge is 2.28. The summed E-state index contributed by atoms with van der Waals surface area (Å²) in [5.41, 5.74) is -0.324. The highest BCUT2D eigenvalue weighted by atomic mass is 19.1. The molecular formula is C19H17FN2O7. The molecule has 0 heterocycles. The Bertz CT molecular complexity index is 961. The molecule has 0 saturated heterocycles. The van der Waals surface area contributed by atoms with Crippen molar-refractivity contribution in [3.05, 3.63) is 64.0 Å². The number of rotatable bonds is 8. The fourth-order valence-corrected chi connectivity index (χ4v) is 2.54. The van der Waals surface area contributed by atoms with Gasteiger partial charge in [0.15, 0.2) is 0 Å². The quantitative estimate of drug-likeness (QED) is 0.392. The van der Waals surface area contributed by atoms with Gasteiger partial charge in [0.05, 0.1) is 18.0 Å². The number of aliphatic carboxylic acids is 1. The molecule has 0 aliphatic carbocycles. The Morgan fingerprint density at radius 3 is 2.48 bits per heavy atom. The van der Waals surface area contributed by atoms with E-state index in [1.807, 2.05) is 0 Å². The average Bonchev–Trinajstić information content (AvgIpc) is 2.67. The minimum Gasteiger partial charge on any atom is -0.480 e. The van der Waals surface area contributed by atoms with Crippen molar-refractivity contribution in [1.29, 1.82) is 0 Å². The van der Waals surface area contributed by atoms with Crippen LogP contribution in [-0.2, 0) is 14.3 Å². The van der Waals surface area contributed by atoms with Gasteiger partial charge in [0.2, 0.25) is 0 Å². The molecule has 0 fully saturated rings. The van der Waals surface area contributed by atoms with Gasteiger partial charge in [0.1, 0.15) is 17.4 Å². The van der Waals surface area contributed by atoms with Gasteiger partial charge in [-0.3, -0.25) is 19.7 Å². The monoisotopic (exact) mass is 404 g/mol. The second-order valence-corrected chi connectivity index (χ2v) is 5.87. The number of carbonyl (C=O) groups excluding carboxylic acids is 2. The zero-order valence-corrected chi connectivity index (χ0v) is 15.3. The maximum atomic E-state index is 13.4. The van der Waals surface area contributed by atoms with E-state index in [9.17, 15) is 34.0 Å². The zero-order chi connectivity index (χ0) is 21.6. The van der Waals surface area contributed by atoms with E-state index < -0.39 is 52.3 Å². The summed E-state index contributed by atoms with van der Waals surface area (Å²) in [6.45, 7) is 1.57. The molecule has 0 unspecified atom stereocenters. The smallest absolute Gasteiger partial charge is 0.326 e. The predicted molar refractivity (Wildman–Crippen MR) is 98.6 cm³/mol. The number of nitrogens with zero attached hydrogens (tertiary/aromatic N) is 1. The van der Waals surface area contributed by atoms with E-state index in [4.69, 9.17) is 0 Å². The first-order valence-corrected chi connectivity index (χ1v) is 8.46. The summed E-state index contributed by atoms with van der Waals surface area (Å²) >= 11 is 0. The first-order valence-electron chi connectivity index (χ1n) is 8.46. The number of nitro groups is 1. The lowest BCUT2D eigenvalue weighted by molar-refractivity contribution is -0.385. The summed E-state index contributed by atoms with van der Waals surface area (Å²) in [6.07, 6.45) is -0.635. The Kier molecular flexibility index (Phi) is 6.96. The third kappa shape index (κ3) is 5.58. The van der Waals surface area contributed by atoms with Crippen LogP contribution in [0, 0.1) is 15.9 Å². The van der Waals surface area contributed by atoms with Crippen molar-refractivity contribution >= 4 is 23.5 Å². The minimum absolute atomic E-state index is 0.0339. The molecule has 2 N–H and O–H groups in total. The number of carboxylic acids is 1. The molecule has 10 heteroatoms. The maximum absolute atomic E-state index is 13.4.